The van der Waals surface area contributed by atoms with Crippen LogP contribution in [0.2, 0.25) is 0 Å². The molecule has 0 aliphatic carbocycles. The number of hydrogen-bond acceptors (Lipinski definition) is 0. The fraction of sp³-hybridized carbons (Fsp3) is 0. The van der Waals surface area contributed by atoms with Gasteiger partial charge in [-0.2, -0.15) is 0 Å². The van der Waals surface area contributed by atoms with Crippen molar-refractivity contribution in [3.63, 3.8) is 0 Å². The summed E-state index contributed by atoms with van der Waals surface area (Å²) in [6, 6.07) is 45.3. The molecule has 5 aromatic carbocycles. The van der Waals surface area contributed by atoms with Crippen molar-refractivity contribution in [3.8, 4) is 44.5 Å². The maximum absolute atomic E-state index is 3.55. The first kappa shape index (κ1) is 19.5. The first-order valence-electron chi connectivity index (χ1n) is 10.4. The third kappa shape index (κ3) is 4.38. The lowest BCUT2D eigenvalue weighted by Gasteiger charge is -2.12. The van der Waals surface area contributed by atoms with Crippen LogP contribution in [-0.2, 0) is 0 Å². The second kappa shape index (κ2) is 8.75. The third-order valence-electron chi connectivity index (χ3n) is 5.54. The van der Waals surface area contributed by atoms with Gasteiger partial charge in [-0.05, 0) is 74.8 Å². The zero-order valence-corrected chi connectivity index (χ0v) is 18.6. The van der Waals surface area contributed by atoms with Crippen molar-refractivity contribution < 1.29 is 0 Å². The number of halogens is 1. The zero-order valence-electron chi connectivity index (χ0n) is 17.0. The molecule has 0 aliphatic heterocycles. The summed E-state index contributed by atoms with van der Waals surface area (Å²) in [6.45, 7) is 0. The van der Waals surface area contributed by atoms with Crippen LogP contribution in [0.25, 0.3) is 44.5 Å². The van der Waals surface area contributed by atoms with Crippen molar-refractivity contribution in [1.29, 1.82) is 0 Å². The van der Waals surface area contributed by atoms with Crippen LogP contribution in [0.3, 0.4) is 0 Å². The van der Waals surface area contributed by atoms with Crippen LogP contribution in [0, 0.1) is 0 Å². The minimum atomic E-state index is 1.09. The first-order chi connectivity index (χ1) is 15.3. The molecular formula is C30H21Br. The van der Waals surface area contributed by atoms with Crippen molar-refractivity contribution in [3.05, 3.63) is 132 Å². The summed E-state index contributed by atoms with van der Waals surface area (Å²) in [5.41, 5.74) is 9.79. The highest BCUT2D eigenvalue weighted by atomic mass is 79.9. The molecule has 0 spiro atoms. The fourth-order valence-electron chi connectivity index (χ4n) is 3.89. The molecule has 0 atom stereocenters. The summed E-state index contributed by atoms with van der Waals surface area (Å²) in [4.78, 5) is 0. The lowest BCUT2D eigenvalue weighted by atomic mass is 9.92. The molecule has 0 bridgehead atoms. The quantitative estimate of drug-likeness (QED) is 0.250. The Bertz CT molecular complexity index is 1290. The van der Waals surface area contributed by atoms with E-state index in [4.69, 9.17) is 0 Å². The van der Waals surface area contributed by atoms with Crippen LogP contribution < -0.4 is 0 Å². The lowest BCUT2D eigenvalue weighted by molar-refractivity contribution is 1.55. The molecule has 148 valence electrons. The Hall–Kier alpha value is -3.42. The van der Waals surface area contributed by atoms with Crippen LogP contribution in [0.1, 0.15) is 0 Å². The molecule has 1 heteroatoms. The zero-order chi connectivity index (χ0) is 21.0. The highest BCUT2D eigenvalue weighted by molar-refractivity contribution is 9.10. The second-order valence-electron chi connectivity index (χ2n) is 7.62. The molecule has 0 aliphatic rings. The van der Waals surface area contributed by atoms with Gasteiger partial charge < -0.3 is 0 Å². The van der Waals surface area contributed by atoms with Gasteiger partial charge in [0.15, 0.2) is 0 Å². The first-order valence-corrected chi connectivity index (χ1v) is 11.2. The largest absolute Gasteiger partial charge is 0.0622 e. The molecule has 31 heavy (non-hydrogen) atoms. The summed E-state index contributed by atoms with van der Waals surface area (Å²) < 4.78 is 1.09. The molecule has 0 saturated heterocycles. The monoisotopic (exact) mass is 460 g/mol. The third-order valence-corrected chi connectivity index (χ3v) is 6.07. The van der Waals surface area contributed by atoms with Gasteiger partial charge in [0.25, 0.3) is 0 Å². The van der Waals surface area contributed by atoms with Gasteiger partial charge in [0.05, 0.1) is 0 Å². The molecule has 0 unspecified atom stereocenters. The highest BCUT2D eigenvalue weighted by Crippen LogP contribution is 2.34. The highest BCUT2D eigenvalue weighted by Gasteiger charge is 2.08. The fourth-order valence-corrected chi connectivity index (χ4v) is 4.15. The minimum Gasteiger partial charge on any atom is -0.0622 e. The Morgan fingerprint density at radius 2 is 0.581 bits per heavy atom. The van der Waals surface area contributed by atoms with Gasteiger partial charge >= 0.3 is 0 Å². The molecule has 5 aromatic rings. The maximum Gasteiger partial charge on any atom is 0.0175 e. The summed E-state index contributed by atoms with van der Waals surface area (Å²) >= 11 is 3.55. The Labute approximate surface area is 192 Å². The van der Waals surface area contributed by atoms with Gasteiger partial charge in [0.2, 0.25) is 0 Å². The van der Waals surface area contributed by atoms with E-state index in [0.29, 0.717) is 0 Å². The number of rotatable bonds is 4. The van der Waals surface area contributed by atoms with E-state index in [1.54, 1.807) is 0 Å². The summed E-state index contributed by atoms with van der Waals surface area (Å²) in [5, 5.41) is 0. The average molecular weight is 461 g/mol. The summed E-state index contributed by atoms with van der Waals surface area (Å²) in [7, 11) is 0. The van der Waals surface area contributed by atoms with Crippen molar-refractivity contribution in [2.24, 2.45) is 0 Å². The minimum absolute atomic E-state index is 1.09. The Morgan fingerprint density at radius 1 is 0.290 bits per heavy atom. The molecule has 5 rings (SSSR count). The van der Waals surface area contributed by atoms with Gasteiger partial charge in [0, 0.05) is 4.47 Å². The van der Waals surface area contributed by atoms with E-state index in [1.165, 1.54) is 44.5 Å². The van der Waals surface area contributed by atoms with Crippen molar-refractivity contribution in [2.45, 2.75) is 0 Å². The van der Waals surface area contributed by atoms with Crippen LogP contribution in [0.5, 0.6) is 0 Å². The van der Waals surface area contributed by atoms with Crippen molar-refractivity contribution in [2.75, 3.05) is 0 Å². The van der Waals surface area contributed by atoms with E-state index in [-0.39, 0.29) is 0 Å². The molecule has 0 amide bonds. The molecular weight excluding hydrogens is 440 g/mol. The molecule has 0 N–H and O–H groups in total. The van der Waals surface area contributed by atoms with Crippen molar-refractivity contribution in [1.82, 2.24) is 0 Å². The summed E-state index contributed by atoms with van der Waals surface area (Å²) in [6.07, 6.45) is 0. The van der Waals surface area contributed by atoms with Gasteiger partial charge in [-0.25, -0.2) is 0 Å². The number of hydrogen-bond donors (Lipinski definition) is 0. The molecule has 0 heterocycles. The predicted molar refractivity (Wildman–Crippen MR) is 136 cm³/mol. The van der Waals surface area contributed by atoms with E-state index in [1.807, 2.05) is 0 Å². The maximum atomic E-state index is 3.55. The second-order valence-corrected chi connectivity index (χ2v) is 8.53. The van der Waals surface area contributed by atoms with Gasteiger partial charge in [0.1, 0.15) is 0 Å². The van der Waals surface area contributed by atoms with E-state index < -0.39 is 0 Å². The van der Waals surface area contributed by atoms with Crippen molar-refractivity contribution >= 4 is 15.9 Å². The van der Waals surface area contributed by atoms with E-state index in [2.05, 4.69) is 143 Å². The van der Waals surface area contributed by atoms with Crippen LogP contribution in [0.4, 0.5) is 0 Å². The average Bonchev–Trinajstić information content (AvgIpc) is 2.85. The van der Waals surface area contributed by atoms with Crippen LogP contribution in [-0.4, -0.2) is 0 Å². The summed E-state index contributed by atoms with van der Waals surface area (Å²) in [5.74, 6) is 0. The normalized spacial score (nSPS) is 10.7. The van der Waals surface area contributed by atoms with Gasteiger partial charge in [-0.3, -0.25) is 0 Å². The predicted octanol–water partition coefficient (Wildman–Crippen LogP) is 9.12. The van der Waals surface area contributed by atoms with E-state index in [0.717, 1.165) is 4.47 Å². The lowest BCUT2D eigenvalue weighted by Crippen LogP contribution is -1.86. The molecule has 0 radical (unpaired) electrons. The molecule has 0 fully saturated rings. The van der Waals surface area contributed by atoms with Gasteiger partial charge in [-0.1, -0.05) is 113 Å². The topological polar surface area (TPSA) is 0 Å². The van der Waals surface area contributed by atoms with Crippen LogP contribution in [0.15, 0.2) is 132 Å². The Morgan fingerprint density at radius 3 is 1.00 bits per heavy atom. The van der Waals surface area contributed by atoms with E-state index >= 15 is 0 Å². The molecule has 0 saturated carbocycles. The SMILES string of the molecule is Brc1ccc(-c2cc(-c3ccccc3)cc(-c3ccc(-c4ccccc4)cc3)c2)cc1. The molecule has 0 nitrogen and oxygen atoms in total. The van der Waals surface area contributed by atoms with Gasteiger partial charge in [-0.15, -0.1) is 0 Å². The Balaban J connectivity index is 1.60. The van der Waals surface area contributed by atoms with Crippen LogP contribution >= 0.6 is 15.9 Å². The number of benzene rings is 5. The Kier molecular flexibility index (Phi) is 5.52. The van der Waals surface area contributed by atoms with E-state index in [9.17, 15) is 0 Å². The molecule has 0 aromatic heterocycles. The standard InChI is InChI=1S/C30H21Br/c31-30-17-15-26(16-18-30)29-20-27(23-9-5-2-6-10-23)19-28(21-29)25-13-11-24(12-14-25)22-7-3-1-4-8-22/h1-21H. The smallest absolute Gasteiger partial charge is 0.0175 e.